The van der Waals surface area contributed by atoms with Crippen molar-refractivity contribution in [1.29, 1.82) is 0 Å². The van der Waals surface area contributed by atoms with Crippen LogP contribution in [0, 0.1) is 13.8 Å². The Morgan fingerprint density at radius 1 is 1.00 bits per heavy atom. The summed E-state index contributed by atoms with van der Waals surface area (Å²) in [5.41, 5.74) is 2.82. The normalized spacial score (nSPS) is 11.0. The molecule has 0 aliphatic heterocycles. The van der Waals surface area contributed by atoms with Gasteiger partial charge in [0, 0.05) is 16.4 Å². The number of hydrogen-bond donors (Lipinski definition) is 2. The number of rotatable bonds is 7. The molecule has 0 saturated heterocycles. The number of amides is 1. The van der Waals surface area contributed by atoms with E-state index in [0.29, 0.717) is 22.1 Å². The summed E-state index contributed by atoms with van der Waals surface area (Å²) in [5.74, 6) is 0.0284. The number of halogens is 1. The van der Waals surface area contributed by atoms with Gasteiger partial charge in [-0.3, -0.25) is 9.52 Å². The lowest BCUT2D eigenvalue weighted by molar-refractivity contribution is -0.118. The second kappa shape index (κ2) is 9.19. The highest BCUT2D eigenvalue weighted by Crippen LogP contribution is 2.23. The maximum absolute atomic E-state index is 12.5. The van der Waals surface area contributed by atoms with Gasteiger partial charge in [0.25, 0.3) is 15.9 Å². The summed E-state index contributed by atoms with van der Waals surface area (Å²) in [5, 5.41) is 3.29. The smallest absolute Gasteiger partial charge is 0.262 e. The van der Waals surface area contributed by atoms with E-state index in [1.165, 1.54) is 24.3 Å². The van der Waals surface area contributed by atoms with Gasteiger partial charge in [0.15, 0.2) is 6.61 Å². The summed E-state index contributed by atoms with van der Waals surface area (Å²) >= 11 is 6.04. The van der Waals surface area contributed by atoms with E-state index in [0.717, 1.165) is 11.1 Å². The van der Waals surface area contributed by atoms with Gasteiger partial charge in [0.2, 0.25) is 0 Å². The second-order valence-corrected chi connectivity index (χ2v) is 8.79. The molecule has 0 fully saturated rings. The SMILES string of the molecule is Cc1cccc(NS(=O)(=O)c2ccc(OCC(=O)Nc3cccc(Cl)c3C)cc2)c1. The van der Waals surface area contributed by atoms with Gasteiger partial charge >= 0.3 is 0 Å². The molecule has 0 aromatic heterocycles. The first-order chi connectivity index (χ1) is 14.2. The van der Waals surface area contributed by atoms with Crippen molar-refractivity contribution in [3.05, 3.63) is 82.9 Å². The van der Waals surface area contributed by atoms with E-state index in [4.69, 9.17) is 16.3 Å². The van der Waals surface area contributed by atoms with E-state index < -0.39 is 10.0 Å². The van der Waals surface area contributed by atoms with Crippen molar-refractivity contribution in [1.82, 2.24) is 0 Å². The number of hydrogen-bond acceptors (Lipinski definition) is 4. The van der Waals surface area contributed by atoms with Crippen LogP contribution in [-0.2, 0) is 14.8 Å². The van der Waals surface area contributed by atoms with E-state index in [-0.39, 0.29) is 17.4 Å². The van der Waals surface area contributed by atoms with E-state index in [1.807, 2.05) is 19.9 Å². The Balaban J connectivity index is 1.60. The molecule has 0 aliphatic rings. The maximum Gasteiger partial charge on any atom is 0.262 e. The molecule has 8 heteroatoms. The van der Waals surface area contributed by atoms with Gasteiger partial charge in [-0.25, -0.2) is 8.42 Å². The zero-order valence-corrected chi connectivity index (χ0v) is 18.0. The largest absolute Gasteiger partial charge is 0.484 e. The lowest BCUT2D eigenvalue weighted by Gasteiger charge is -2.11. The number of anilines is 2. The molecule has 0 spiro atoms. The Hall–Kier alpha value is -3.03. The van der Waals surface area contributed by atoms with Crippen molar-refractivity contribution in [2.24, 2.45) is 0 Å². The van der Waals surface area contributed by atoms with Gasteiger partial charge < -0.3 is 10.1 Å². The van der Waals surface area contributed by atoms with Crippen molar-refractivity contribution in [3.63, 3.8) is 0 Å². The summed E-state index contributed by atoms with van der Waals surface area (Å²) in [6.45, 7) is 3.47. The molecular formula is C22H21ClN2O4S. The van der Waals surface area contributed by atoms with Crippen LogP contribution in [-0.4, -0.2) is 20.9 Å². The molecule has 0 unspecified atom stereocenters. The van der Waals surface area contributed by atoms with Crippen molar-refractivity contribution in [2.45, 2.75) is 18.7 Å². The molecule has 30 heavy (non-hydrogen) atoms. The van der Waals surface area contributed by atoms with Crippen LogP contribution in [0.2, 0.25) is 5.02 Å². The first-order valence-corrected chi connectivity index (χ1v) is 11.0. The molecule has 1 amide bonds. The van der Waals surface area contributed by atoms with Crippen LogP contribution in [0.4, 0.5) is 11.4 Å². The quantitative estimate of drug-likeness (QED) is 0.549. The fraction of sp³-hybridized carbons (Fsp3) is 0.136. The third kappa shape index (κ3) is 5.52. The monoisotopic (exact) mass is 444 g/mol. The van der Waals surface area contributed by atoms with Gasteiger partial charge in [0.1, 0.15) is 5.75 Å². The van der Waals surface area contributed by atoms with Gasteiger partial charge in [0.05, 0.1) is 4.90 Å². The van der Waals surface area contributed by atoms with Crippen LogP contribution in [0.25, 0.3) is 0 Å². The molecule has 0 saturated carbocycles. The minimum Gasteiger partial charge on any atom is -0.484 e. The number of nitrogens with one attached hydrogen (secondary N) is 2. The number of carbonyl (C=O) groups excluding carboxylic acids is 1. The number of carbonyl (C=O) groups is 1. The Kier molecular flexibility index (Phi) is 6.64. The maximum atomic E-state index is 12.5. The van der Waals surface area contributed by atoms with E-state index >= 15 is 0 Å². The van der Waals surface area contributed by atoms with E-state index in [9.17, 15) is 13.2 Å². The van der Waals surface area contributed by atoms with E-state index in [2.05, 4.69) is 10.0 Å². The van der Waals surface area contributed by atoms with Crippen LogP contribution >= 0.6 is 11.6 Å². The number of sulfonamides is 1. The molecule has 0 aliphatic carbocycles. The Morgan fingerprint density at radius 3 is 2.40 bits per heavy atom. The molecule has 3 rings (SSSR count). The Bertz CT molecular complexity index is 1160. The topological polar surface area (TPSA) is 84.5 Å². The van der Waals surface area contributed by atoms with Crippen molar-refractivity contribution >= 4 is 38.9 Å². The number of ether oxygens (including phenoxy) is 1. The van der Waals surface area contributed by atoms with E-state index in [1.54, 1.807) is 36.4 Å². The average Bonchev–Trinajstić information content (AvgIpc) is 2.70. The third-order valence-corrected chi connectivity index (χ3v) is 6.12. The highest BCUT2D eigenvalue weighted by Gasteiger charge is 2.15. The molecule has 3 aromatic rings. The summed E-state index contributed by atoms with van der Waals surface area (Å²) in [4.78, 5) is 12.2. The summed E-state index contributed by atoms with van der Waals surface area (Å²) in [6, 6.07) is 18.2. The second-order valence-electron chi connectivity index (χ2n) is 6.70. The lowest BCUT2D eigenvalue weighted by atomic mass is 10.2. The standard InChI is InChI=1S/C22H21ClN2O4S/c1-15-5-3-6-17(13-15)25-30(27,28)19-11-9-18(10-12-19)29-14-22(26)24-21-8-4-7-20(23)16(21)2/h3-13,25H,14H2,1-2H3,(H,24,26). The molecule has 0 atom stereocenters. The molecule has 6 nitrogen and oxygen atoms in total. The summed E-state index contributed by atoms with van der Waals surface area (Å²) in [6.07, 6.45) is 0. The highest BCUT2D eigenvalue weighted by atomic mass is 35.5. The minimum absolute atomic E-state index is 0.0929. The minimum atomic E-state index is -3.73. The molecule has 156 valence electrons. The number of benzene rings is 3. The van der Waals surface area contributed by atoms with Gasteiger partial charge in [-0.2, -0.15) is 0 Å². The van der Waals surface area contributed by atoms with Crippen LogP contribution in [0.1, 0.15) is 11.1 Å². The Morgan fingerprint density at radius 2 is 1.70 bits per heavy atom. The molecule has 0 radical (unpaired) electrons. The van der Waals surface area contributed by atoms with Crippen LogP contribution in [0.15, 0.2) is 71.6 Å². The molecule has 3 aromatic carbocycles. The number of aryl methyl sites for hydroxylation is 1. The van der Waals surface area contributed by atoms with Gasteiger partial charge in [-0.15, -0.1) is 0 Å². The fourth-order valence-electron chi connectivity index (χ4n) is 2.72. The molecular weight excluding hydrogens is 424 g/mol. The highest BCUT2D eigenvalue weighted by molar-refractivity contribution is 7.92. The molecule has 0 bridgehead atoms. The Labute approximate surface area is 180 Å². The average molecular weight is 445 g/mol. The van der Waals surface area contributed by atoms with Crippen molar-refractivity contribution in [2.75, 3.05) is 16.6 Å². The lowest BCUT2D eigenvalue weighted by Crippen LogP contribution is -2.20. The predicted octanol–water partition coefficient (Wildman–Crippen LogP) is 4.78. The predicted molar refractivity (Wildman–Crippen MR) is 119 cm³/mol. The fourth-order valence-corrected chi connectivity index (χ4v) is 3.94. The zero-order chi connectivity index (χ0) is 21.7. The zero-order valence-electron chi connectivity index (χ0n) is 16.5. The first-order valence-electron chi connectivity index (χ1n) is 9.12. The third-order valence-electron chi connectivity index (χ3n) is 4.32. The van der Waals surface area contributed by atoms with Crippen molar-refractivity contribution < 1.29 is 17.9 Å². The van der Waals surface area contributed by atoms with Crippen molar-refractivity contribution in [3.8, 4) is 5.75 Å². The van der Waals surface area contributed by atoms with Crippen LogP contribution in [0.5, 0.6) is 5.75 Å². The van der Waals surface area contributed by atoms with Gasteiger partial charge in [-0.1, -0.05) is 29.8 Å². The summed E-state index contributed by atoms with van der Waals surface area (Å²) < 4.78 is 33.0. The first kappa shape index (κ1) is 21.7. The van der Waals surface area contributed by atoms with Crippen LogP contribution < -0.4 is 14.8 Å². The van der Waals surface area contributed by atoms with Crippen LogP contribution in [0.3, 0.4) is 0 Å². The summed E-state index contributed by atoms with van der Waals surface area (Å²) in [7, 11) is -3.73. The molecule has 0 heterocycles. The molecule has 2 N–H and O–H groups in total. The van der Waals surface area contributed by atoms with Gasteiger partial charge in [-0.05, 0) is 73.5 Å².